The average Bonchev–Trinajstić information content (AvgIpc) is 2.57. The summed E-state index contributed by atoms with van der Waals surface area (Å²) in [6, 6.07) is 0. The molecule has 7 heteroatoms. The third-order valence-corrected chi connectivity index (χ3v) is 5.03. The van der Waals surface area contributed by atoms with Crippen molar-refractivity contribution in [3.63, 3.8) is 0 Å². The molecule has 0 aliphatic rings. The van der Waals surface area contributed by atoms with Crippen LogP contribution in [-0.4, -0.2) is 55.4 Å². The first-order valence-corrected chi connectivity index (χ1v) is 12.7. The average molecular weight is 426 g/mol. The van der Waals surface area contributed by atoms with Crippen molar-refractivity contribution in [2.24, 2.45) is 0 Å². The van der Waals surface area contributed by atoms with Crippen molar-refractivity contribution in [1.82, 2.24) is 0 Å². The standard InChI is InChI=1S/C16H35O4P.C5H14NO/c1-2-3-4-5-6-7-8-9-10-11-12-13-14-15-16-20-21(17,18)19;1-6(2,3)4-5-7/h2-16H2,1H3,(H2,17,18,19);7H,4-5H2,1-3H3/q;+1/p-1. The third-order valence-electron chi connectivity index (χ3n) is 4.52. The van der Waals surface area contributed by atoms with Crippen LogP contribution in [0.3, 0.4) is 0 Å². The molecule has 1 unspecified atom stereocenters. The van der Waals surface area contributed by atoms with Crippen molar-refractivity contribution in [3.8, 4) is 0 Å². The second-order valence-corrected chi connectivity index (χ2v) is 9.83. The van der Waals surface area contributed by atoms with Crippen LogP contribution in [0.5, 0.6) is 0 Å². The molecule has 0 aromatic heterocycles. The van der Waals surface area contributed by atoms with Crippen molar-refractivity contribution >= 4 is 7.82 Å². The van der Waals surface area contributed by atoms with E-state index in [1.807, 2.05) is 0 Å². The second kappa shape index (κ2) is 20.3. The van der Waals surface area contributed by atoms with Crippen molar-refractivity contribution in [1.29, 1.82) is 0 Å². The first kappa shape index (κ1) is 30.2. The minimum Gasteiger partial charge on any atom is -0.756 e. The number of rotatable bonds is 18. The smallest absolute Gasteiger partial charge is 0.265 e. The Kier molecular flexibility index (Phi) is 21.9. The Labute approximate surface area is 174 Å². The van der Waals surface area contributed by atoms with Crippen LogP contribution in [0, 0.1) is 0 Å². The van der Waals surface area contributed by atoms with Crippen LogP contribution in [-0.2, 0) is 9.09 Å². The number of phosphoric ester groups is 1. The maximum atomic E-state index is 10.3. The van der Waals surface area contributed by atoms with Crippen molar-refractivity contribution < 1.29 is 28.5 Å². The number of hydrogen-bond acceptors (Lipinski definition) is 4. The van der Waals surface area contributed by atoms with E-state index in [4.69, 9.17) is 10.00 Å². The summed E-state index contributed by atoms with van der Waals surface area (Å²) in [6.45, 7) is 3.47. The number of phosphoric acid groups is 1. The van der Waals surface area contributed by atoms with Crippen LogP contribution in [0.2, 0.25) is 0 Å². The van der Waals surface area contributed by atoms with Crippen LogP contribution in [0.1, 0.15) is 96.8 Å². The molecular formula is C21H48NO5P. The van der Waals surface area contributed by atoms with Gasteiger partial charge in [0, 0.05) is 0 Å². The molecule has 1 atom stereocenters. The Bertz CT molecular complexity index is 355. The Morgan fingerprint density at radius 2 is 1.14 bits per heavy atom. The minimum absolute atomic E-state index is 0.106. The maximum absolute atomic E-state index is 10.3. The molecule has 0 fully saturated rings. The summed E-state index contributed by atoms with van der Waals surface area (Å²) in [7, 11) is 1.65. The van der Waals surface area contributed by atoms with Crippen LogP contribution < -0.4 is 4.89 Å². The summed E-state index contributed by atoms with van der Waals surface area (Å²) in [5.41, 5.74) is 0. The molecule has 6 nitrogen and oxygen atoms in total. The number of quaternary nitrogens is 1. The van der Waals surface area contributed by atoms with Gasteiger partial charge < -0.3 is 23.9 Å². The van der Waals surface area contributed by atoms with E-state index in [9.17, 15) is 9.46 Å². The fourth-order valence-corrected chi connectivity index (χ4v) is 3.14. The number of nitrogens with zero attached hydrogens (tertiary/aromatic N) is 1. The molecule has 0 bridgehead atoms. The highest BCUT2D eigenvalue weighted by Gasteiger charge is 2.02. The fraction of sp³-hybridized carbons (Fsp3) is 1.00. The predicted molar refractivity (Wildman–Crippen MR) is 116 cm³/mol. The van der Waals surface area contributed by atoms with Gasteiger partial charge in [0.1, 0.15) is 6.54 Å². The van der Waals surface area contributed by atoms with Gasteiger partial charge >= 0.3 is 0 Å². The van der Waals surface area contributed by atoms with E-state index in [1.54, 1.807) is 0 Å². The number of unbranched alkanes of at least 4 members (excludes halogenated alkanes) is 13. The lowest BCUT2D eigenvalue weighted by Crippen LogP contribution is -2.36. The number of aliphatic hydroxyl groups excluding tert-OH is 1. The Morgan fingerprint density at radius 1 is 0.786 bits per heavy atom. The summed E-state index contributed by atoms with van der Waals surface area (Å²) in [4.78, 5) is 18.7. The van der Waals surface area contributed by atoms with Crippen LogP contribution in [0.25, 0.3) is 0 Å². The third kappa shape index (κ3) is 33.6. The highest BCUT2D eigenvalue weighted by molar-refractivity contribution is 7.44. The van der Waals surface area contributed by atoms with Crippen LogP contribution >= 0.6 is 7.82 Å². The van der Waals surface area contributed by atoms with Gasteiger partial charge in [0.25, 0.3) is 7.82 Å². The van der Waals surface area contributed by atoms with E-state index < -0.39 is 7.82 Å². The predicted octanol–water partition coefficient (Wildman–Crippen LogP) is 4.63. The molecule has 0 heterocycles. The summed E-state index contributed by atoms with van der Waals surface area (Å²) in [6.07, 6.45) is 17.6. The molecule has 2 N–H and O–H groups in total. The molecule has 0 aliphatic carbocycles. The number of likely N-dealkylation sites (N-methyl/N-ethyl adjacent to an activating group) is 1. The first-order chi connectivity index (χ1) is 13.1. The Morgan fingerprint density at radius 3 is 1.39 bits per heavy atom. The molecule has 0 aromatic carbocycles. The SMILES string of the molecule is CCCCCCCCCCCCCCCCOP(=O)([O-])O.C[N+](C)(C)CCO. The zero-order valence-electron chi connectivity index (χ0n) is 19.0. The van der Waals surface area contributed by atoms with E-state index >= 15 is 0 Å². The van der Waals surface area contributed by atoms with E-state index in [2.05, 4.69) is 32.6 Å². The molecule has 0 saturated heterocycles. The quantitative estimate of drug-likeness (QED) is 0.190. The van der Waals surface area contributed by atoms with Crippen molar-refractivity contribution in [3.05, 3.63) is 0 Å². The molecule has 0 spiro atoms. The fourth-order valence-electron chi connectivity index (χ4n) is 2.78. The summed E-state index contributed by atoms with van der Waals surface area (Å²) in [5, 5.41) is 8.39. The maximum Gasteiger partial charge on any atom is 0.265 e. The molecule has 0 aromatic rings. The highest BCUT2D eigenvalue weighted by atomic mass is 31.2. The highest BCUT2D eigenvalue weighted by Crippen LogP contribution is 2.30. The first-order valence-electron chi connectivity index (χ1n) is 11.2. The molecule has 0 amide bonds. The zero-order chi connectivity index (χ0) is 21.7. The molecule has 0 rings (SSSR count). The van der Waals surface area contributed by atoms with Crippen LogP contribution in [0.15, 0.2) is 0 Å². The minimum atomic E-state index is -4.50. The summed E-state index contributed by atoms with van der Waals surface area (Å²) >= 11 is 0. The van der Waals surface area contributed by atoms with E-state index in [0.717, 1.165) is 23.9 Å². The van der Waals surface area contributed by atoms with Crippen LogP contribution in [0.4, 0.5) is 0 Å². The normalized spacial score (nSPS) is 13.7. The summed E-state index contributed by atoms with van der Waals surface area (Å²) < 4.78 is 15.5. The molecule has 0 saturated carbocycles. The molecule has 0 aliphatic heterocycles. The van der Waals surface area contributed by atoms with Gasteiger partial charge in [0.15, 0.2) is 0 Å². The largest absolute Gasteiger partial charge is 0.756 e. The van der Waals surface area contributed by atoms with Crippen molar-refractivity contribution in [2.75, 3.05) is 40.9 Å². The van der Waals surface area contributed by atoms with Gasteiger partial charge in [-0.3, -0.25) is 4.57 Å². The summed E-state index contributed by atoms with van der Waals surface area (Å²) in [5.74, 6) is 0. The lowest BCUT2D eigenvalue weighted by molar-refractivity contribution is -0.870. The lowest BCUT2D eigenvalue weighted by Gasteiger charge is -2.21. The molecule has 28 heavy (non-hydrogen) atoms. The van der Waals surface area contributed by atoms with Crippen molar-refractivity contribution in [2.45, 2.75) is 96.8 Å². The number of hydrogen-bond donors (Lipinski definition) is 2. The van der Waals surface area contributed by atoms with Gasteiger partial charge in [-0.05, 0) is 6.42 Å². The Balaban J connectivity index is 0. The molecule has 172 valence electrons. The van der Waals surface area contributed by atoms with E-state index in [1.165, 1.54) is 70.6 Å². The lowest BCUT2D eigenvalue weighted by atomic mass is 10.0. The topological polar surface area (TPSA) is 89.8 Å². The van der Waals surface area contributed by atoms with Gasteiger partial charge in [-0.2, -0.15) is 0 Å². The van der Waals surface area contributed by atoms with Gasteiger partial charge in [-0.1, -0.05) is 90.4 Å². The van der Waals surface area contributed by atoms with Gasteiger partial charge in [-0.15, -0.1) is 0 Å². The van der Waals surface area contributed by atoms with E-state index in [0.29, 0.717) is 6.42 Å². The zero-order valence-corrected chi connectivity index (χ0v) is 19.9. The number of aliphatic hydroxyl groups is 1. The molecular weight excluding hydrogens is 377 g/mol. The van der Waals surface area contributed by atoms with Gasteiger partial charge in [0.2, 0.25) is 0 Å². The second-order valence-electron chi connectivity index (χ2n) is 8.64. The van der Waals surface area contributed by atoms with E-state index in [-0.39, 0.29) is 13.2 Å². The molecule has 0 radical (unpaired) electrons. The van der Waals surface area contributed by atoms with Gasteiger partial charge in [-0.25, -0.2) is 0 Å². The van der Waals surface area contributed by atoms with Gasteiger partial charge in [0.05, 0.1) is 34.4 Å². The Hall–Kier alpha value is 0.0300. The monoisotopic (exact) mass is 425 g/mol.